The monoisotopic (exact) mass is 167 g/mol. The zero-order chi connectivity index (χ0) is 9.14. The van der Waals surface area contributed by atoms with Gasteiger partial charge in [0, 0.05) is 26.5 Å². The zero-order valence-corrected chi connectivity index (χ0v) is 6.87. The lowest BCUT2D eigenvalue weighted by Gasteiger charge is -1.99. The molecule has 1 aromatic rings. The summed E-state index contributed by atoms with van der Waals surface area (Å²) >= 11 is 0. The van der Waals surface area contributed by atoms with Gasteiger partial charge in [0.05, 0.1) is 0 Å². The Morgan fingerprint density at radius 2 is 2.33 bits per heavy atom. The number of amides is 1. The first-order valence-electron chi connectivity index (χ1n) is 3.40. The molecule has 1 heterocycles. The quantitative estimate of drug-likeness (QED) is 0.592. The fraction of sp³-hybridized carbons (Fsp3) is 0.286. The van der Waals surface area contributed by atoms with E-state index in [0.29, 0.717) is 0 Å². The molecule has 5 nitrogen and oxygen atoms in total. The van der Waals surface area contributed by atoms with Gasteiger partial charge in [-0.2, -0.15) is 0 Å². The van der Waals surface area contributed by atoms with Crippen molar-refractivity contribution < 1.29 is 4.79 Å². The van der Waals surface area contributed by atoms with E-state index in [1.54, 1.807) is 7.05 Å². The molecule has 0 bridgehead atoms. The molecular weight excluding hydrogens is 158 g/mol. The van der Waals surface area contributed by atoms with Gasteiger partial charge in [-0.1, -0.05) is 0 Å². The van der Waals surface area contributed by atoms with Gasteiger partial charge in [-0.05, 0) is 0 Å². The summed E-state index contributed by atoms with van der Waals surface area (Å²) in [5, 5.41) is 2.33. The molecule has 0 aliphatic heterocycles. The van der Waals surface area contributed by atoms with Crippen molar-refractivity contribution in [3.63, 3.8) is 0 Å². The van der Waals surface area contributed by atoms with Crippen molar-refractivity contribution in [2.75, 3.05) is 7.05 Å². The average Bonchev–Trinajstić information content (AvgIpc) is 2.08. The number of carbonyl (C=O) groups excluding carboxylic acids is 1. The molecule has 5 heteroatoms. The number of rotatable bonds is 1. The summed E-state index contributed by atoms with van der Waals surface area (Å²) < 4.78 is 1.30. The number of nitrogens with one attached hydrogen (secondary N) is 1. The molecule has 0 aromatic carbocycles. The second kappa shape index (κ2) is 3.17. The molecule has 0 spiro atoms. The lowest BCUT2D eigenvalue weighted by molar-refractivity contribution is 0.0956. The van der Waals surface area contributed by atoms with Crippen LogP contribution in [0, 0.1) is 0 Å². The molecule has 0 saturated heterocycles. The normalized spacial score (nSPS) is 9.50. The topological polar surface area (TPSA) is 64.0 Å². The lowest BCUT2D eigenvalue weighted by Crippen LogP contribution is -2.31. The molecule has 0 aliphatic carbocycles. The molecule has 64 valence electrons. The van der Waals surface area contributed by atoms with E-state index in [2.05, 4.69) is 10.3 Å². The number of nitrogens with zero attached hydrogens (tertiary/aromatic N) is 2. The molecule has 1 amide bonds. The Labute approximate surface area is 69.0 Å². The highest BCUT2D eigenvalue weighted by atomic mass is 16.2. The minimum atomic E-state index is -0.462. The molecule has 0 radical (unpaired) electrons. The maximum absolute atomic E-state index is 11.2. The predicted octanol–water partition coefficient (Wildman–Crippen LogP) is -0.860. The van der Waals surface area contributed by atoms with Crippen LogP contribution in [0.25, 0.3) is 0 Å². The highest BCUT2D eigenvalue weighted by Crippen LogP contribution is 1.83. The highest BCUT2D eigenvalue weighted by molar-refractivity contribution is 5.91. The summed E-state index contributed by atoms with van der Waals surface area (Å²) in [6.07, 6.45) is 2.90. The smallest absolute Gasteiger partial charge is 0.281 e. The van der Waals surface area contributed by atoms with Crippen LogP contribution < -0.4 is 10.9 Å². The van der Waals surface area contributed by atoms with Gasteiger partial charge in [-0.25, -0.2) is 4.98 Å². The van der Waals surface area contributed by atoms with Crippen LogP contribution in [0.3, 0.4) is 0 Å². The summed E-state index contributed by atoms with van der Waals surface area (Å²) in [6.45, 7) is 0. The Kier molecular flexibility index (Phi) is 2.23. The maximum Gasteiger partial charge on any atom is 0.281 e. The molecule has 0 unspecified atom stereocenters. The first kappa shape index (κ1) is 8.45. The second-order valence-electron chi connectivity index (χ2n) is 2.27. The van der Waals surface area contributed by atoms with Crippen molar-refractivity contribution in [1.29, 1.82) is 0 Å². The fourth-order valence-corrected chi connectivity index (χ4v) is 0.772. The van der Waals surface area contributed by atoms with E-state index >= 15 is 0 Å². The molecule has 0 atom stereocenters. The number of carbonyl (C=O) groups is 1. The van der Waals surface area contributed by atoms with E-state index in [4.69, 9.17) is 0 Å². The SMILES string of the molecule is CNC(=O)c1nccn(C)c1=O. The Morgan fingerprint density at radius 3 is 2.92 bits per heavy atom. The van der Waals surface area contributed by atoms with Crippen molar-refractivity contribution in [2.45, 2.75) is 0 Å². The summed E-state index contributed by atoms with van der Waals surface area (Å²) in [4.78, 5) is 25.9. The minimum Gasteiger partial charge on any atom is -0.354 e. The third-order valence-corrected chi connectivity index (χ3v) is 1.46. The van der Waals surface area contributed by atoms with Crippen LogP contribution in [-0.2, 0) is 7.05 Å². The molecule has 1 aromatic heterocycles. The average molecular weight is 167 g/mol. The Balaban J connectivity index is 3.26. The molecule has 1 N–H and O–H groups in total. The van der Waals surface area contributed by atoms with Crippen LogP contribution in [0.15, 0.2) is 17.2 Å². The third kappa shape index (κ3) is 1.34. The molecule has 12 heavy (non-hydrogen) atoms. The van der Waals surface area contributed by atoms with Crippen molar-refractivity contribution in [3.05, 3.63) is 28.4 Å². The van der Waals surface area contributed by atoms with E-state index in [-0.39, 0.29) is 5.69 Å². The van der Waals surface area contributed by atoms with Gasteiger partial charge >= 0.3 is 0 Å². The summed E-state index contributed by atoms with van der Waals surface area (Å²) in [7, 11) is 3.02. The number of hydrogen-bond donors (Lipinski definition) is 1. The maximum atomic E-state index is 11.2. The summed E-state index contributed by atoms with van der Waals surface area (Å²) in [6, 6.07) is 0. The standard InChI is InChI=1S/C7H9N3O2/c1-8-6(11)5-7(12)10(2)4-3-9-5/h3-4H,1-2H3,(H,8,11). The molecular formula is C7H9N3O2. The van der Waals surface area contributed by atoms with Crippen molar-refractivity contribution in [1.82, 2.24) is 14.9 Å². The Bertz CT molecular complexity index is 356. The third-order valence-electron chi connectivity index (χ3n) is 1.46. The Hall–Kier alpha value is -1.65. The number of aromatic nitrogens is 2. The largest absolute Gasteiger partial charge is 0.354 e. The van der Waals surface area contributed by atoms with Crippen molar-refractivity contribution in [3.8, 4) is 0 Å². The second-order valence-corrected chi connectivity index (χ2v) is 2.27. The van der Waals surface area contributed by atoms with Gasteiger partial charge in [0.25, 0.3) is 11.5 Å². The van der Waals surface area contributed by atoms with Crippen LogP contribution in [-0.4, -0.2) is 22.5 Å². The van der Waals surface area contributed by atoms with E-state index in [1.165, 1.54) is 24.0 Å². The zero-order valence-electron chi connectivity index (χ0n) is 6.87. The molecule has 0 aliphatic rings. The van der Waals surface area contributed by atoms with Gasteiger partial charge in [-0.3, -0.25) is 9.59 Å². The van der Waals surface area contributed by atoms with Gasteiger partial charge in [0.15, 0.2) is 5.69 Å². The number of aryl methyl sites for hydroxylation is 1. The van der Waals surface area contributed by atoms with Crippen molar-refractivity contribution >= 4 is 5.91 Å². The van der Waals surface area contributed by atoms with Crippen LogP contribution >= 0.6 is 0 Å². The summed E-state index contributed by atoms with van der Waals surface area (Å²) in [5.74, 6) is -0.462. The van der Waals surface area contributed by atoms with E-state index < -0.39 is 11.5 Å². The van der Waals surface area contributed by atoms with E-state index in [1.807, 2.05) is 0 Å². The summed E-state index contributed by atoms with van der Waals surface area (Å²) in [5.41, 5.74) is -0.473. The van der Waals surface area contributed by atoms with Crippen LogP contribution in [0.2, 0.25) is 0 Å². The first-order chi connectivity index (χ1) is 5.66. The number of hydrogen-bond acceptors (Lipinski definition) is 3. The first-order valence-corrected chi connectivity index (χ1v) is 3.40. The van der Waals surface area contributed by atoms with Crippen LogP contribution in [0.4, 0.5) is 0 Å². The molecule has 1 rings (SSSR count). The van der Waals surface area contributed by atoms with Crippen LogP contribution in [0.1, 0.15) is 10.5 Å². The molecule has 0 saturated carbocycles. The van der Waals surface area contributed by atoms with Gasteiger partial charge in [-0.15, -0.1) is 0 Å². The minimum absolute atomic E-state index is 0.0810. The van der Waals surface area contributed by atoms with E-state index in [0.717, 1.165) is 0 Å². The van der Waals surface area contributed by atoms with Crippen LogP contribution in [0.5, 0.6) is 0 Å². The van der Waals surface area contributed by atoms with E-state index in [9.17, 15) is 9.59 Å². The van der Waals surface area contributed by atoms with Gasteiger partial charge in [0.2, 0.25) is 0 Å². The van der Waals surface area contributed by atoms with Gasteiger partial charge < -0.3 is 9.88 Å². The fourth-order valence-electron chi connectivity index (χ4n) is 0.772. The predicted molar refractivity (Wildman–Crippen MR) is 42.9 cm³/mol. The highest BCUT2D eigenvalue weighted by Gasteiger charge is 2.09. The lowest BCUT2D eigenvalue weighted by atomic mass is 10.4. The van der Waals surface area contributed by atoms with Crippen molar-refractivity contribution in [2.24, 2.45) is 7.05 Å². The molecule has 0 fully saturated rings. The Morgan fingerprint density at radius 1 is 1.67 bits per heavy atom. The van der Waals surface area contributed by atoms with Gasteiger partial charge in [0.1, 0.15) is 0 Å².